The minimum absolute atomic E-state index is 0.0523. The molecule has 1 heterocycles. The van der Waals surface area contributed by atoms with Crippen molar-refractivity contribution in [1.29, 1.82) is 0 Å². The molecule has 2 aromatic rings. The molecule has 2 N–H and O–H groups in total. The summed E-state index contributed by atoms with van der Waals surface area (Å²) in [6.45, 7) is 12.9. The van der Waals surface area contributed by atoms with Gasteiger partial charge in [0, 0.05) is 43.7 Å². The van der Waals surface area contributed by atoms with Gasteiger partial charge in [0.25, 0.3) is 0 Å². The first-order valence-electron chi connectivity index (χ1n) is 24.0. The molecule has 350 valence electrons. The highest BCUT2D eigenvalue weighted by atomic mass is 19.1. The first-order chi connectivity index (χ1) is 30.5. The fraction of sp³-hybridized carbons (Fsp3) is 0.654. The third-order valence-corrected chi connectivity index (χ3v) is 12.9. The Labute approximate surface area is 377 Å². The number of rotatable bonds is 27. The molecule has 0 spiro atoms. The quantitative estimate of drug-likeness (QED) is 0.0517. The highest BCUT2D eigenvalue weighted by Crippen LogP contribution is 2.62. The van der Waals surface area contributed by atoms with E-state index >= 15 is 0 Å². The lowest BCUT2D eigenvalue weighted by Crippen LogP contribution is -2.69. The van der Waals surface area contributed by atoms with Gasteiger partial charge in [-0.05, 0) is 94.5 Å². The van der Waals surface area contributed by atoms with E-state index in [0.29, 0.717) is 36.5 Å². The lowest BCUT2D eigenvalue weighted by atomic mass is 9.55. The molecule has 5 rings (SSSR count). The predicted octanol–water partition coefficient (Wildman–Crippen LogP) is 11.8. The summed E-state index contributed by atoms with van der Waals surface area (Å²) in [5.74, 6) is -1.06. The molecule has 63 heavy (non-hydrogen) atoms. The molecule has 0 saturated heterocycles. The zero-order valence-electron chi connectivity index (χ0n) is 39.0. The number of fused-ring (bicyclic) bond motifs is 2. The lowest BCUT2D eigenvalue weighted by Gasteiger charge is -2.59. The Hall–Kier alpha value is -3.93. The summed E-state index contributed by atoms with van der Waals surface area (Å²) < 4.78 is 41.3. The van der Waals surface area contributed by atoms with Gasteiger partial charge in [0.05, 0.1) is 24.8 Å². The minimum Gasteiger partial charge on any atom is -0.489 e. The molecule has 1 saturated carbocycles. The molecule has 6 atom stereocenters. The smallest absolute Gasteiger partial charge is 0.409 e. The van der Waals surface area contributed by atoms with E-state index in [2.05, 4.69) is 19.6 Å². The van der Waals surface area contributed by atoms with Crippen LogP contribution in [0.3, 0.4) is 0 Å². The molecule has 0 aromatic heterocycles. The molecule has 3 aliphatic rings. The number of aliphatic hydroxyl groups is 2. The number of carbonyl (C=O) groups excluding carboxylic acids is 1. The van der Waals surface area contributed by atoms with E-state index in [1.165, 1.54) is 51.0 Å². The van der Waals surface area contributed by atoms with E-state index in [4.69, 9.17) is 28.9 Å². The van der Waals surface area contributed by atoms with Crippen LogP contribution in [0.4, 0.5) is 9.18 Å². The maximum atomic E-state index is 14.7. The summed E-state index contributed by atoms with van der Waals surface area (Å²) in [5.41, 5.74) is 2.47. The van der Waals surface area contributed by atoms with Gasteiger partial charge in [-0.2, -0.15) is 0 Å². The molecule has 2 aliphatic carbocycles. The van der Waals surface area contributed by atoms with Gasteiger partial charge < -0.3 is 38.9 Å². The van der Waals surface area contributed by atoms with Gasteiger partial charge in [-0.3, -0.25) is 0 Å². The van der Waals surface area contributed by atoms with E-state index in [0.717, 1.165) is 61.8 Å². The topological polar surface area (TPSA) is 119 Å². The zero-order valence-corrected chi connectivity index (χ0v) is 39.0. The van der Waals surface area contributed by atoms with Gasteiger partial charge in [-0.25, -0.2) is 9.18 Å². The number of nitrogens with zero attached hydrogens (tertiary/aromatic N) is 2. The number of halogens is 1. The van der Waals surface area contributed by atoms with Crippen molar-refractivity contribution in [2.75, 3.05) is 33.5 Å². The molecule has 1 fully saturated rings. The van der Waals surface area contributed by atoms with Crippen molar-refractivity contribution in [3.05, 3.63) is 83.7 Å². The van der Waals surface area contributed by atoms with Crippen LogP contribution in [0.1, 0.15) is 154 Å². The number of hydrogen-bond donors (Lipinski definition) is 2. The molecule has 0 unspecified atom stereocenters. The number of likely N-dealkylation sites (N-methyl/N-ethyl adjacent to an activating group) is 1. The molecule has 0 radical (unpaired) electrons. The molecule has 11 heteroatoms. The van der Waals surface area contributed by atoms with Crippen LogP contribution in [0, 0.1) is 23.6 Å². The van der Waals surface area contributed by atoms with Crippen LogP contribution in [-0.2, 0) is 20.9 Å². The molecule has 0 bridgehead atoms. The van der Waals surface area contributed by atoms with Crippen LogP contribution < -0.4 is 9.47 Å². The monoisotopic (exact) mass is 877 g/mol. The average Bonchev–Trinajstić information content (AvgIpc) is 3.27. The number of hydrogen-bond acceptors (Lipinski definition) is 9. The first kappa shape index (κ1) is 50.1. The number of amides is 1. The number of allylic oxidation sites excluding steroid dienone is 1. The first-order valence-corrected chi connectivity index (χ1v) is 24.0. The Morgan fingerprint density at radius 2 is 1.63 bits per heavy atom. The Bertz CT molecular complexity index is 1790. The summed E-state index contributed by atoms with van der Waals surface area (Å²) >= 11 is 0. The second kappa shape index (κ2) is 24.9. The van der Waals surface area contributed by atoms with Crippen molar-refractivity contribution in [2.45, 2.75) is 167 Å². The maximum absolute atomic E-state index is 14.7. The van der Waals surface area contributed by atoms with Crippen LogP contribution in [0.15, 0.2) is 71.9 Å². The normalized spacial score (nSPS) is 23.3. The van der Waals surface area contributed by atoms with Crippen molar-refractivity contribution < 1.29 is 43.2 Å². The van der Waals surface area contributed by atoms with Crippen molar-refractivity contribution in [3.8, 4) is 11.5 Å². The Morgan fingerprint density at radius 1 is 0.952 bits per heavy atom. The molecule has 1 aliphatic heterocycles. The van der Waals surface area contributed by atoms with E-state index in [9.17, 15) is 19.4 Å². The van der Waals surface area contributed by atoms with Crippen LogP contribution >= 0.6 is 0 Å². The second-order valence-corrected chi connectivity index (χ2v) is 18.8. The number of benzene rings is 2. The Kier molecular flexibility index (Phi) is 19.8. The van der Waals surface area contributed by atoms with Crippen molar-refractivity contribution in [2.24, 2.45) is 22.9 Å². The highest BCUT2D eigenvalue weighted by molar-refractivity contribution is 6.03. The summed E-state index contributed by atoms with van der Waals surface area (Å²) in [4.78, 5) is 22.0. The van der Waals surface area contributed by atoms with Gasteiger partial charge in [0.1, 0.15) is 35.6 Å². The Balaban J connectivity index is 1.54. The number of carbonyl (C=O) groups is 1. The van der Waals surface area contributed by atoms with Gasteiger partial charge >= 0.3 is 6.09 Å². The van der Waals surface area contributed by atoms with Gasteiger partial charge in [0.15, 0.2) is 0 Å². The van der Waals surface area contributed by atoms with Crippen LogP contribution in [0.2, 0.25) is 0 Å². The van der Waals surface area contributed by atoms with Gasteiger partial charge in [0.2, 0.25) is 5.79 Å². The molecule has 2 aromatic carbocycles. The number of oxime groups is 1. The molecule has 10 nitrogen and oxygen atoms in total. The second-order valence-electron chi connectivity index (χ2n) is 18.8. The van der Waals surface area contributed by atoms with Crippen molar-refractivity contribution >= 4 is 11.8 Å². The number of ether oxygens (including phenoxy) is 4. The molecular weight excluding hydrogens is 800 g/mol. The number of unbranched alkanes of at least 4 members (excludes halogenated alkanes) is 11. The standard InChI is InChI=1S/C52H77FN2O8/c1-7-9-10-11-12-13-14-15-16-23-33-59-50(58)55(6)47-36-45(54-63-51(3,4)5)42-34-38(24-19-21-30-56)41(26-20-22-31-57)48-43-35-40(60-37-39-25-17-18-27-44(39)53)28-29-46(43)62-52(47,49(42)48)61-32-8-2/h8,17-18,25,27-29,34-35,38,41,47-49,56-57H,2,7,9-16,19-24,26,30-33,36-37H2,1,3-6H3/t38-,41+,47-,48+,49+,52+/m0/s1. The lowest BCUT2D eigenvalue weighted by molar-refractivity contribution is -0.253. The van der Waals surface area contributed by atoms with Gasteiger partial charge in [-0.1, -0.05) is 113 Å². The van der Waals surface area contributed by atoms with Crippen molar-refractivity contribution in [3.63, 3.8) is 0 Å². The summed E-state index contributed by atoms with van der Waals surface area (Å²) in [7, 11) is 1.76. The highest BCUT2D eigenvalue weighted by Gasteiger charge is 2.65. The summed E-state index contributed by atoms with van der Waals surface area (Å²) in [6, 6.07) is 11.7. The molecule has 1 amide bonds. The van der Waals surface area contributed by atoms with Crippen LogP contribution in [-0.4, -0.2) is 77.8 Å². The molecular formula is C52H77FN2O8. The van der Waals surface area contributed by atoms with Crippen LogP contribution in [0.25, 0.3) is 0 Å². The van der Waals surface area contributed by atoms with E-state index in [-0.39, 0.29) is 56.4 Å². The van der Waals surface area contributed by atoms with E-state index in [1.807, 2.05) is 39.0 Å². The van der Waals surface area contributed by atoms with E-state index in [1.54, 1.807) is 36.2 Å². The zero-order chi connectivity index (χ0) is 45.2. The predicted molar refractivity (Wildman–Crippen MR) is 247 cm³/mol. The van der Waals surface area contributed by atoms with Crippen molar-refractivity contribution in [1.82, 2.24) is 4.90 Å². The summed E-state index contributed by atoms with van der Waals surface area (Å²) in [6.07, 6.45) is 20.3. The SMILES string of the molecule is C=CCO[C@@]12Oc3ccc(OCc4ccccc4F)cc3[C@H]3[C@H](CCCCO)[C@@H](CCCCO)C=C(C(=NOC(C)(C)C)C[C@@H]1N(C)C(=O)OCCCCCCCCCCCC)[C@H]32. The minimum atomic E-state index is -1.38. The summed E-state index contributed by atoms with van der Waals surface area (Å²) in [5, 5.41) is 24.7. The maximum Gasteiger partial charge on any atom is 0.409 e. The number of aliphatic hydroxyl groups excluding tert-OH is 2. The van der Waals surface area contributed by atoms with Gasteiger partial charge in [-0.15, -0.1) is 6.58 Å². The average molecular weight is 877 g/mol. The third kappa shape index (κ3) is 13.6. The van der Waals surface area contributed by atoms with Crippen LogP contribution in [0.5, 0.6) is 11.5 Å². The largest absolute Gasteiger partial charge is 0.489 e. The van der Waals surface area contributed by atoms with E-state index < -0.39 is 29.4 Å². The fourth-order valence-electron chi connectivity index (χ4n) is 9.76. The third-order valence-electron chi connectivity index (χ3n) is 12.9. The Morgan fingerprint density at radius 3 is 2.30 bits per heavy atom. The fourth-order valence-corrected chi connectivity index (χ4v) is 9.76.